The van der Waals surface area contributed by atoms with Gasteiger partial charge in [-0.2, -0.15) is 8.42 Å². The Morgan fingerprint density at radius 1 is 0.696 bits per heavy atom. The summed E-state index contributed by atoms with van der Waals surface area (Å²) < 4.78 is 35.4. The Labute approximate surface area is 280 Å². The van der Waals surface area contributed by atoms with Gasteiger partial charge in [0.05, 0.1) is 11.2 Å². The molecular weight excluding hydrogens is 609 g/mol. The van der Waals surface area contributed by atoms with Crippen molar-refractivity contribution >= 4 is 26.2 Å². The standard InChI is InChI=1S/C40H54O4S2/c1-4-5-6-7-8-9-10-11-12-15-20-33-25-27-37(28-26-33)46(35-21-16-13-17-22-35,36-23-18-14-19-24-36)44-45(42,43)32-40-30-29-34(31-38(40)41)39(40,2)3/h13-14,16-19,21-28,34H,4-12,15,20,29-32H2,1-3H3. The van der Waals surface area contributed by atoms with E-state index in [1.165, 1.54) is 63.4 Å². The topological polar surface area (TPSA) is 60.4 Å². The van der Waals surface area contributed by atoms with E-state index in [2.05, 4.69) is 45.0 Å². The predicted octanol–water partition coefficient (Wildman–Crippen LogP) is 11.1. The summed E-state index contributed by atoms with van der Waals surface area (Å²) in [6, 6.07) is 28.0. The first kappa shape index (κ1) is 34.9. The molecule has 2 saturated carbocycles. The Bertz CT molecular complexity index is 1480. The van der Waals surface area contributed by atoms with Crippen LogP contribution in [0.2, 0.25) is 0 Å². The van der Waals surface area contributed by atoms with Crippen molar-refractivity contribution in [1.29, 1.82) is 0 Å². The van der Waals surface area contributed by atoms with Crippen molar-refractivity contribution in [3.8, 4) is 0 Å². The van der Waals surface area contributed by atoms with Gasteiger partial charge in [-0.15, -0.1) is 0 Å². The molecule has 2 aliphatic carbocycles. The van der Waals surface area contributed by atoms with Gasteiger partial charge in [-0.1, -0.05) is 127 Å². The van der Waals surface area contributed by atoms with Crippen LogP contribution in [0.4, 0.5) is 0 Å². The smallest absolute Gasteiger partial charge is 0.278 e. The molecule has 250 valence electrons. The molecule has 2 fully saturated rings. The predicted molar refractivity (Wildman–Crippen MR) is 191 cm³/mol. The lowest BCUT2D eigenvalue weighted by atomic mass is 9.70. The number of hydrogen-bond acceptors (Lipinski definition) is 4. The zero-order chi connectivity index (χ0) is 32.7. The van der Waals surface area contributed by atoms with Crippen LogP contribution in [0.1, 0.15) is 110 Å². The fourth-order valence-electron chi connectivity index (χ4n) is 8.00. The summed E-state index contributed by atoms with van der Waals surface area (Å²) in [5, 5.41) is 0. The number of carbonyl (C=O) groups excluding carboxylic acids is 1. The molecule has 46 heavy (non-hydrogen) atoms. The van der Waals surface area contributed by atoms with E-state index in [4.69, 9.17) is 3.63 Å². The summed E-state index contributed by atoms with van der Waals surface area (Å²) in [4.78, 5) is 15.9. The molecular formula is C40H54O4S2. The molecule has 0 spiro atoms. The molecule has 3 aromatic rings. The highest BCUT2D eigenvalue weighted by Gasteiger charge is 2.65. The molecule has 2 atom stereocenters. The SMILES string of the molecule is CCCCCCCCCCCCc1ccc(S(OS(=O)(=O)CC23CCC(CC2=O)C3(C)C)(c2ccccc2)c2ccccc2)cc1. The van der Waals surface area contributed by atoms with Gasteiger partial charge in [0, 0.05) is 21.1 Å². The molecule has 4 nitrogen and oxygen atoms in total. The Kier molecular flexibility index (Phi) is 11.5. The maximum absolute atomic E-state index is 14.4. The van der Waals surface area contributed by atoms with Crippen LogP contribution >= 0.6 is 10.3 Å². The first-order chi connectivity index (χ1) is 22.1. The number of carbonyl (C=O) groups is 1. The summed E-state index contributed by atoms with van der Waals surface area (Å²) >= 11 is 0. The monoisotopic (exact) mass is 662 g/mol. The number of ketones is 1. The number of rotatable bonds is 18. The molecule has 0 amide bonds. The number of hydrogen-bond donors (Lipinski definition) is 0. The van der Waals surface area contributed by atoms with E-state index in [0.29, 0.717) is 12.8 Å². The van der Waals surface area contributed by atoms with Gasteiger partial charge in [-0.25, -0.2) is 3.63 Å². The van der Waals surface area contributed by atoms with Gasteiger partial charge in [-0.3, -0.25) is 4.79 Å². The summed E-state index contributed by atoms with van der Waals surface area (Å²) in [6.45, 7) is 6.42. The van der Waals surface area contributed by atoms with E-state index in [1.54, 1.807) is 0 Å². The molecule has 2 bridgehead atoms. The Morgan fingerprint density at radius 2 is 1.20 bits per heavy atom. The van der Waals surface area contributed by atoms with Gasteiger partial charge in [0.25, 0.3) is 10.1 Å². The zero-order valence-corrected chi connectivity index (χ0v) is 29.8. The van der Waals surface area contributed by atoms with Crippen molar-refractivity contribution in [3.05, 3.63) is 90.5 Å². The summed E-state index contributed by atoms with van der Waals surface area (Å²) in [7, 11) is -6.81. The van der Waals surface area contributed by atoms with Gasteiger partial charge < -0.3 is 0 Å². The van der Waals surface area contributed by atoms with Crippen molar-refractivity contribution in [3.63, 3.8) is 0 Å². The molecule has 0 heterocycles. The minimum Gasteiger partial charge on any atom is -0.299 e. The normalized spacial score (nSPS) is 21.1. The van der Waals surface area contributed by atoms with Crippen molar-refractivity contribution in [2.24, 2.45) is 16.7 Å². The third-order valence-electron chi connectivity index (χ3n) is 11.0. The zero-order valence-electron chi connectivity index (χ0n) is 28.2. The summed E-state index contributed by atoms with van der Waals surface area (Å²) in [6.07, 6.45) is 16.1. The van der Waals surface area contributed by atoms with Crippen LogP contribution in [0.15, 0.2) is 99.6 Å². The molecule has 0 saturated heterocycles. The molecule has 0 radical (unpaired) electrons. The number of Topliss-reactive ketones (excluding diaryl/α,β-unsaturated/α-hetero) is 1. The highest BCUT2D eigenvalue weighted by atomic mass is 32.3. The Hall–Kier alpha value is -2.41. The van der Waals surface area contributed by atoms with Crippen LogP contribution in [0, 0.1) is 16.7 Å². The second-order valence-electron chi connectivity index (χ2n) is 14.2. The first-order valence-corrected chi connectivity index (χ1v) is 20.8. The van der Waals surface area contributed by atoms with E-state index in [1.807, 2.05) is 60.7 Å². The second-order valence-corrected chi connectivity index (χ2v) is 18.7. The minimum atomic E-state index is -4.14. The molecule has 2 aliphatic rings. The van der Waals surface area contributed by atoms with Crippen LogP contribution < -0.4 is 0 Å². The Morgan fingerprint density at radius 3 is 1.67 bits per heavy atom. The summed E-state index contributed by atoms with van der Waals surface area (Å²) in [5.41, 5.74) is -0.00260. The summed E-state index contributed by atoms with van der Waals surface area (Å²) in [5.74, 6) is 0.0454. The van der Waals surface area contributed by atoms with E-state index < -0.39 is 25.8 Å². The van der Waals surface area contributed by atoms with Crippen molar-refractivity contribution < 1.29 is 16.8 Å². The molecule has 0 aliphatic heterocycles. The molecule has 0 N–H and O–H groups in total. The lowest BCUT2D eigenvalue weighted by Gasteiger charge is -2.41. The maximum atomic E-state index is 14.4. The lowest BCUT2D eigenvalue weighted by molar-refractivity contribution is -0.128. The molecule has 0 aromatic heterocycles. The molecule has 2 unspecified atom stereocenters. The number of aryl methyl sites for hydroxylation is 1. The third kappa shape index (κ3) is 7.34. The third-order valence-corrected chi connectivity index (χ3v) is 16.3. The van der Waals surface area contributed by atoms with Gasteiger partial charge in [0.2, 0.25) is 0 Å². The first-order valence-electron chi connectivity index (χ1n) is 17.6. The second kappa shape index (κ2) is 15.2. The number of unbranched alkanes of at least 4 members (excludes halogenated alkanes) is 9. The highest BCUT2D eigenvalue weighted by molar-refractivity contribution is 8.33. The minimum absolute atomic E-state index is 0.0808. The van der Waals surface area contributed by atoms with Gasteiger partial charge in [0.1, 0.15) is 5.78 Å². The molecule has 6 heteroatoms. The van der Waals surface area contributed by atoms with Crippen LogP contribution in [0.5, 0.6) is 0 Å². The van der Waals surface area contributed by atoms with Crippen molar-refractivity contribution in [1.82, 2.24) is 0 Å². The quantitative estimate of drug-likeness (QED) is 0.127. The number of fused-ring (bicyclic) bond motifs is 2. The molecule has 5 rings (SSSR count). The Balaban J connectivity index is 1.37. The van der Waals surface area contributed by atoms with Gasteiger partial charge >= 0.3 is 0 Å². The fourth-order valence-corrected chi connectivity index (χ4v) is 14.1. The maximum Gasteiger partial charge on any atom is 0.278 e. The van der Waals surface area contributed by atoms with Crippen LogP contribution in [0.3, 0.4) is 0 Å². The van der Waals surface area contributed by atoms with Crippen LogP contribution in [-0.2, 0) is 25.0 Å². The van der Waals surface area contributed by atoms with Crippen molar-refractivity contribution in [2.75, 3.05) is 5.75 Å². The van der Waals surface area contributed by atoms with E-state index >= 15 is 0 Å². The average Bonchev–Trinajstić information content (AvgIpc) is 3.40. The fraction of sp³-hybridized carbons (Fsp3) is 0.525. The van der Waals surface area contributed by atoms with E-state index in [9.17, 15) is 13.2 Å². The van der Waals surface area contributed by atoms with E-state index in [-0.39, 0.29) is 22.9 Å². The van der Waals surface area contributed by atoms with Crippen LogP contribution in [-0.4, -0.2) is 20.0 Å². The molecule has 3 aromatic carbocycles. The van der Waals surface area contributed by atoms with Crippen molar-refractivity contribution in [2.45, 2.75) is 125 Å². The van der Waals surface area contributed by atoms with Crippen LogP contribution in [0.25, 0.3) is 0 Å². The largest absolute Gasteiger partial charge is 0.299 e. The van der Waals surface area contributed by atoms with Gasteiger partial charge in [-0.05, 0) is 89.3 Å². The number of benzene rings is 3. The lowest BCUT2D eigenvalue weighted by Crippen LogP contribution is -2.42. The average molecular weight is 663 g/mol. The highest BCUT2D eigenvalue weighted by Crippen LogP contribution is 2.71. The van der Waals surface area contributed by atoms with E-state index in [0.717, 1.165) is 33.9 Å². The van der Waals surface area contributed by atoms with Gasteiger partial charge in [0.15, 0.2) is 0 Å².